The highest BCUT2D eigenvalue weighted by Crippen LogP contribution is 2.30. The lowest BCUT2D eigenvalue weighted by Crippen LogP contribution is -2.32. The van der Waals surface area contributed by atoms with Crippen LogP contribution in [0.2, 0.25) is 0 Å². The summed E-state index contributed by atoms with van der Waals surface area (Å²) in [4.78, 5) is 33.2. The summed E-state index contributed by atoms with van der Waals surface area (Å²) < 4.78 is 0.858. The first-order chi connectivity index (χ1) is 9.97. The van der Waals surface area contributed by atoms with Gasteiger partial charge in [0.2, 0.25) is 5.91 Å². The summed E-state index contributed by atoms with van der Waals surface area (Å²) in [7, 11) is 0. The highest BCUT2D eigenvalue weighted by atomic mass is 32.1. The van der Waals surface area contributed by atoms with Crippen LogP contribution in [0, 0.1) is 0 Å². The van der Waals surface area contributed by atoms with Crippen molar-refractivity contribution in [2.75, 3.05) is 0 Å². The highest BCUT2D eigenvalue weighted by Gasteiger charge is 2.30. The topological polar surface area (TPSA) is 80.5 Å². The van der Waals surface area contributed by atoms with Crippen LogP contribution in [0.1, 0.15) is 20.7 Å². The summed E-state index contributed by atoms with van der Waals surface area (Å²) in [5, 5.41) is 1.63. The predicted octanol–water partition coefficient (Wildman–Crippen LogP) is 1.94. The molecular formula is C15H12N2O3S. The zero-order valence-corrected chi connectivity index (χ0v) is 11.8. The number of hydrogen-bond donors (Lipinski definition) is 2. The van der Waals surface area contributed by atoms with Crippen molar-refractivity contribution in [2.45, 2.75) is 0 Å². The van der Waals surface area contributed by atoms with Gasteiger partial charge in [0.1, 0.15) is 0 Å². The zero-order chi connectivity index (χ0) is 15.6. The molecule has 1 aliphatic rings. The Balaban J connectivity index is 0.000000282. The van der Waals surface area contributed by atoms with E-state index in [1.54, 1.807) is 24.3 Å². The molecule has 0 radical (unpaired) electrons. The molecule has 2 aromatic carbocycles. The van der Waals surface area contributed by atoms with Crippen molar-refractivity contribution in [3.05, 3.63) is 60.2 Å². The molecule has 0 fully saturated rings. The fourth-order valence-corrected chi connectivity index (χ4v) is 2.23. The van der Waals surface area contributed by atoms with Gasteiger partial charge in [-0.3, -0.25) is 14.4 Å². The third kappa shape index (κ3) is 2.66. The van der Waals surface area contributed by atoms with Gasteiger partial charge in [-0.1, -0.05) is 43.7 Å². The fraction of sp³-hybridized carbons (Fsp3) is 0. The minimum atomic E-state index is -0.481. The SMILES string of the molecule is C=CC(N)=O.O=C1c2cccc3cccc(c23)C(=O)N1S. The Labute approximate surface area is 126 Å². The second-order valence-electron chi connectivity index (χ2n) is 4.24. The van der Waals surface area contributed by atoms with Crippen molar-refractivity contribution >= 4 is 41.3 Å². The first-order valence-electron chi connectivity index (χ1n) is 5.98. The number of amides is 3. The van der Waals surface area contributed by atoms with E-state index in [1.165, 1.54) is 0 Å². The number of hydrogen-bond acceptors (Lipinski definition) is 4. The van der Waals surface area contributed by atoms with Gasteiger partial charge in [-0.05, 0) is 23.6 Å². The van der Waals surface area contributed by atoms with Crippen molar-refractivity contribution in [1.29, 1.82) is 0 Å². The molecule has 3 amide bonds. The van der Waals surface area contributed by atoms with Crippen LogP contribution in [0.3, 0.4) is 0 Å². The minimum Gasteiger partial charge on any atom is -0.366 e. The Kier molecular flexibility index (Phi) is 4.09. The standard InChI is InChI=1S/C12H7NO2S.C3H5NO/c14-11-8-5-1-3-7-4-2-6-9(10(7)8)12(15)13(11)16;1-2-3(4)5/h1-6,16H;2H,1H2,(H2,4,5). The van der Waals surface area contributed by atoms with Gasteiger partial charge in [-0.15, -0.1) is 0 Å². The molecular weight excluding hydrogens is 288 g/mol. The lowest BCUT2D eigenvalue weighted by atomic mass is 9.95. The van der Waals surface area contributed by atoms with Crippen LogP contribution in [0.15, 0.2) is 49.1 Å². The number of nitrogens with zero attached hydrogens (tertiary/aromatic N) is 1. The molecule has 3 rings (SSSR count). The molecule has 0 bridgehead atoms. The summed E-state index contributed by atoms with van der Waals surface area (Å²) in [6.07, 6.45) is 1.06. The molecule has 1 aliphatic heterocycles. The molecule has 0 atom stereocenters. The molecule has 1 heterocycles. The average molecular weight is 300 g/mol. The first-order valence-corrected chi connectivity index (χ1v) is 6.38. The van der Waals surface area contributed by atoms with Crippen molar-refractivity contribution in [3.8, 4) is 0 Å². The predicted molar refractivity (Wildman–Crippen MR) is 82.8 cm³/mol. The second-order valence-corrected chi connectivity index (χ2v) is 4.64. The smallest absolute Gasteiger partial charge is 0.271 e. The quantitative estimate of drug-likeness (QED) is 0.480. The Morgan fingerprint density at radius 2 is 1.52 bits per heavy atom. The van der Waals surface area contributed by atoms with Crippen molar-refractivity contribution < 1.29 is 14.4 Å². The van der Waals surface area contributed by atoms with Gasteiger partial charge in [0.25, 0.3) is 11.8 Å². The number of benzene rings is 2. The average Bonchev–Trinajstić information content (AvgIpc) is 2.51. The number of carbonyl (C=O) groups excluding carboxylic acids is 3. The molecule has 0 saturated heterocycles. The van der Waals surface area contributed by atoms with Crippen LogP contribution in [0.25, 0.3) is 10.8 Å². The van der Waals surface area contributed by atoms with E-state index < -0.39 is 5.91 Å². The minimum absolute atomic E-state index is 0.363. The van der Waals surface area contributed by atoms with Gasteiger partial charge in [-0.25, -0.2) is 4.31 Å². The van der Waals surface area contributed by atoms with E-state index in [9.17, 15) is 14.4 Å². The van der Waals surface area contributed by atoms with E-state index in [4.69, 9.17) is 0 Å². The molecule has 2 aromatic rings. The summed E-state index contributed by atoms with van der Waals surface area (Å²) in [6, 6.07) is 10.8. The molecule has 5 nitrogen and oxygen atoms in total. The Hall–Kier alpha value is -2.60. The fourth-order valence-electron chi connectivity index (χ4n) is 2.02. The van der Waals surface area contributed by atoms with Crippen molar-refractivity contribution in [2.24, 2.45) is 5.73 Å². The number of thiol groups is 1. The van der Waals surface area contributed by atoms with E-state index in [1.807, 2.05) is 12.1 Å². The van der Waals surface area contributed by atoms with Crippen LogP contribution >= 0.6 is 12.8 Å². The number of primary amides is 1. The van der Waals surface area contributed by atoms with E-state index in [0.717, 1.165) is 21.2 Å². The van der Waals surface area contributed by atoms with Gasteiger partial charge in [-0.2, -0.15) is 0 Å². The molecule has 106 valence electrons. The van der Waals surface area contributed by atoms with Crippen LogP contribution < -0.4 is 5.73 Å². The van der Waals surface area contributed by atoms with Gasteiger partial charge in [0, 0.05) is 16.5 Å². The number of imide groups is 1. The Morgan fingerprint density at radius 3 is 1.90 bits per heavy atom. The molecule has 6 heteroatoms. The molecule has 0 unspecified atom stereocenters. The van der Waals surface area contributed by atoms with Gasteiger partial charge in [0.05, 0.1) is 0 Å². The zero-order valence-electron chi connectivity index (χ0n) is 10.9. The lowest BCUT2D eigenvalue weighted by molar-refractivity contribution is -0.113. The Bertz CT molecular complexity index is 720. The van der Waals surface area contributed by atoms with Gasteiger partial charge < -0.3 is 5.73 Å². The van der Waals surface area contributed by atoms with E-state index >= 15 is 0 Å². The van der Waals surface area contributed by atoms with Crippen LogP contribution in [0.4, 0.5) is 0 Å². The second kappa shape index (κ2) is 5.80. The largest absolute Gasteiger partial charge is 0.366 e. The lowest BCUT2D eigenvalue weighted by Gasteiger charge is -2.22. The van der Waals surface area contributed by atoms with Crippen molar-refractivity contribution in [3.63, 3.8) is 0 Å². The normalized spacial score (nSPS) is 12.7. The highest BCUT2D eigenvalue weighted by molar-refractivity contribution is 7.79. The monoisotopic (exact) mass is 300 g/mol. The van der Waals surface area contributed by atoms with E-state index in [0.29, 0.717) is 11.1 Å². The van der Waals surface area contributed by atoms with Crippen LogP contribution in [-0.2, 0) is 4.79 Å². The first kappa shape index (κ1) is 14.8. The molecule has 2 N–H and O–H groups in total. The number of rotatable bonds is 1. The Morgan fingerprint density at radius 1 is 1.10 bits per heavy atom. The molecule has 0 spiro atoms. The summed E-state index contributed by atoms with van der Waals surface area (Å²) >= 11 is 3.92. The van der Waals surface area contributed by atoms with E-state index in [2.05, 4.69) is 25.1 Å². The van der Waals surface area contributed by atoms with Crippen LogP contribution in [0.5, 0.6) is 0 Å². The maximum absolute atomic E-state index is 11.8. The maximum atomic E-state index is 11.8. The van der Waals surface area contributed by atoms with Crippen molar-refractivity contribution in [1.82, 2.24) is 4.31 Å². The maximum Gasteiger partial charge on any atom is 0.271 e. The molecule has 21 heavy (non-hydrogen) atoms. The molecule has 0 saturated carbocycles. The summed E-state index contributed by atoms with van der Waals surface area (Å²) in [6.45, 7) is 3.09. The van der Waals surface area contributed by atoms with E-state index in [-0.39, 0.29) is 11.8 Å². The third-order valence-electron chi connectivity index (χ3n) is 2.95. The van der Waals surface area contributed by atoms with Gasteiger partial charge in [0.15, 0.2) is 0 Å². The van der Waals surface area contributed by atoms with Gasteiger partial charge >= 0.3 is 0 Å². The summed E-state index contributed by atoms with van der Waals surface area (Å²) in [5.74, 6) is -1.21. The third-order valence-corrected chi connectivity index (χ3v) is 3.31. The van der Waals surface area contributed by atoms with Crippen LogP contribution in [-0.4, -0.2) is 22.0 Å². The number of nitrogens with two attached hydrogens (primary N) is 1. The molecule has 0 aromatic heterocycles. The summed E-state index contributed by atoms with van der Waals surface area (Å²) in [5.41, 5.74) is 5.60. The number of carbonyl (C=O) groups is 3. The molecule has 0 aliphatic carbocycles.